The fourth-order valence-electron chi connectivity index (χ4n) is 1.88. The molecule has 3 heteroatoms. The molecule has 1 aliphatic carbocycles. The van der Waals surface area contributed by atoms with Gasteiger partial charge in [-0.05, 0) is 30.4 Å². The summed E-state index contributed by atoms with van der Waals surface area (Å²) in [6.07, 6.45) is 6.06. The highest BCUT2D eigenvalue weighted by molar-refractivity contribution is 5.34. The second-order valence-electron chi connectivity index (χ2n) is 3.90. The van der Waals surface area contributed by atoms with Crippen LogP contribution in [0.4, 0.5) is 0 Å². The number of rotatable bonds is 3. The molecule has 0 aliphatic heterocycles. The van der Waals surface area contributed by atoms with Gasteiger partial charge in [-0.15, -0.1) is 0 Å². The van der Waals surface area contributed by atoms with E-state index < -0.39 is 0 Å². The summed E-state index contributed by atoms with van der Waals surface area (Å²) in [5.74, 6) is 1.24. The van der Waals surface area contributed by atoms with Crippen molar-refractivity contribution in [3.05, 3.63) is 23.4 Å². The topological polar surface area (TPSA) is 45.9 Å². The van der Waals surface area contributed by atoms with Crippen molar-refractivity contribution in [1.29, 1.82) is 5.26 Å². The lowest BCUT2D eigenvalue weighted by Gasteiger charge is -2.25. The molecule has 0 spiro atoms. The quantitative estimate of drug-likeness (QED) is 0.756. The summed E-state index contributed by atoms with van der Waals surface area (Å²) in [6.45, 7) is 0. The van der Waals surface area contributed by atoms with Crippen molar-refractivity contribution in [1.82, 2.24) is 4.98 Å². The monoisotopic (exact) mass is 202 g/mol. The Hall–Kier alpha value is -1.56. The van der Waals surface area contributed by atoms with E-state index in [1.165, 1.54) is 24.8 Å². The summed E-state index contributed by atoms with van der Waals surface area (Å²) in [6, 6.07) is 4.21. The molecular formula is C12H14N2O. The molecule has 0 radical (unpaired) electrons. The molecule has 15 heavy (non-hydrogen) atoms. The molecule has 1 aromatic heterocycles. The minimum atomic E-state index is 0.372. The number of pyridine rings is 1. The molecule has 0 saturated heterocycles. The van der Waals surface area contributed by atoms with Gasteiger partial charge in [0.25, 0.3) is 0 Å². The smallest absolute Gasteiger partial charge is 0.217 e. The van der Waals surface area contributed by atoms with Crippen LogP contribution in [-0.4, -0.2) is 12.1 Å². The van der Waals surface area contributed by atoms with Crippen LogP contribution >= 0.6 is 0 Å². The van der Waals surface area contributed by atoms with E-state index in [1.54, 1.807) is 7.11 Å². The van der Waals surface area contributed by atoms with Gasteiger partial charge in [0, 0.05) is 11.8 Å². The minimum Gasteiger partial charge on any atom is -0.481 e. The maximum absolute atomic E-state index is 8.71. The van der Waals surface area contributed by atoms with E-state index in [1.807, 2.05) is 6.20 Å². The molecule has 2 rings (SSSR count). The Kier molecular flexibility index (Phi) is 2.86. The van der Waals surface area contributed by atoms with Crippen molar-refractivity contribution < 1.29 is 4.74 Å². The highest BCUT2D eigenvalue weighted by Crippen LogP contribution is 2.37. The molecule has 1 fully saturated rings. The van der Waals surface area contributed by atoms with Crippen LogP contribution < -0.4 is 4.74 Å². The number of ether oxygens (including phenoxy) is 1. The number of hydrogen-bond donors (Lipinski definition) is 0. The van der Waals surface area contributed by atoms with Gasteiger partial charge in [-0.25, -0.2) is 4.98 Å². The first-order valence-electron chi connectivity index (χ1n) is 5.25. The van der Waals surface area contributed by atoms with Gasteiger partial charge in [-0.3, -0.25) is 0 Å². The Labute approximate surface area is 89.7 Å². The van der Waals surface area contributed by atoms with Crippen LogP contribution in [0.15, 0.2) is 12.3 Å². The van der Waals surface area contributed by atoms with Crippen LogP contribution in [0.3, 0.4) is 0 Å². The highest BCUT2D eigenvalue weighted by Gasteiger charge is 2.20. The molecule has 0 amide bonds. The summed E-state index contributed by atoms with van der Waals surface area (Å²) in [7, 11) is 1.59. The van der Waals surface area contributed by atoms with Crippen LogP contribution in [0.5, 0.6) is 5.88 Å². The number of methoxy groups -OCH3 is 1. The number of hydrogen-bond acceptors (Lipinski definition) is 3. The molecule has 3 nitrogen and oxygen atoms in total. The van der Waals surface area contributed by atoms with E-state index in [-0.39, 0.29) is 0 Å². The Bertz CT molecular complexity index is 391. The third kappa shape index (κ3) is 1.94. The standard InChI is InChI=1S/C12H14N2O/c1-15-12-10(5-6-13)7-11(8-14-12)9-3-2-4-9/h7-9H,2-5H2,1H3. The highest BCUT2D eigenvalue weighted by atomic mass is 16.5. The molecular weight excluding hydrogens is 188 g/mol. The molecule has 0 N–H and O–H groups in total. The summed E-state index contributed by atoms with van der Waals surface area (Å²) in [4.78, 5) is 4.25. The minimum absolute atomic E-state index is 0.372. The molecule has 1 heterocycles. The fraction of sp³-hybridized carbons (Fsp3) is 0.500. The van der Waals surface area contributed by atoms with Crippen molar-refractivity contribution >= 4 is 0 Å². The predicted octanol–water partition coefficient (Wildman–Crippen LogP) is 2.42. The first-order valence-corrected chi connectivity index (χ1v) is 5.25. The number of nitrogens with zero attached hydrogens (tertiary/aromatic N) is 2. The van der Waals surface area contributed by atoms with E-state index in [0.29, 0.717) is 18.2 Å². The van der Waals surface area contributed by atoms with Crippen LogP contribution in [-0.2, 0) is 6.42 Å². The Morgan fingerprint density at radius 1 is 1.60 bits per heavy atom. The number of nitriles is 1. The van der Waals surface area contributed by atoms with Crippen molar-refractivity contribution in [2.24, 2.45) is 0 Å². The van der Waals surface area contributed by atoms with E-state index in [2.05, 4.69) is 17.1 Å². The second kappa shape index (κ2) is 4.31. The zero-order valence-electron chi connectivity index (χ0n) is 8.86. The van der Waals surface area contributed by atoms with E-state index in [9.17, 15) is 0 Å². The summed E-state index contributed by atoms with van der Waals surface area (Å²) < 4.78 is 5.12. The summed E-state index contributed by atoms with van der Waals surface area (Å²) in [5.41, 5.74) is 2.16. The molecule has 1 saturated carbocycles. The maximum Gasteiger partial charge on any atom is 0.217 e. The van der Waals surface area contributed by atoms with Gasteiger partial charge in [-0.2, -0.15) is 5.26 Å². The third-order valence-corrected chi connectivity index (χ3v) is 2.99. The Balaban J connectivity index is 2.27. The fourth-order valence-corrected chi connectivity index (χ4v) is 1.88. The van der Waals surface area contributed by atoms with E-state index in [0.717, 1.165) is 5.56 Å². The van der Waals surface area contributed by atoms with E-state index >= 15 is 0 Å². The average molecular weight is 202 g/mol. The Morgan fingerprint density at radius 3 is 2.93 bits per heavy atom. The molecule has 0 aromatic carbocycles. The molecule has 78 valence electrons. The molecule has 0 bridgehead atoms. The van der Waals surface area contributed by atoms with Crippen molar-refractivity contribution in [3.63, 3.8) is 0 Å². The van der Waals surface area contributed by atoms with Crippen molar-refractivity contribution in [3.8, 4) is 11.9 Å². The lowest BCUT2D eigenvalue weighted by molar-refractivity contribution is 0.388. The first-order chi connectivity index (χ1) is 7.35. The second-order valence-corrected chi connectivity index (χ2v) is 3.90. The third-order valence-electron chi connectivity index (χ3n) is 2.99. The zero-order chi connectivity index (χ0) is 10.7. The van der Waals surface area contributed by atoms with Gasteiger partial charge >= 0.3 is 0 Å². The van der Waals surface area contributed by atoms with Gasteiger partial charge in [-0.1, -0.05) is 6.42 Å². The van der Waals surface area contributed by atoms with E-state index in [4.69, 9.17) is 10.00 Å². The lowest BCUT2D eigenvalue weighted by atomic mass is 9.80. The molecule has 0 unspecified atom stereocenters. The van der Waals surface area contributed by atoms with Gasteiger partial charge in [0.05, 0.1) is 19.6 Å². The summed E-state index contributed by atoms with van der Waals surface area (Å²) >= 11 is 0. The van der Waals surface area contributed by atoms with Crippen molar-refractivity contribution in [2.75, 3.05) is 7.11 Å². The van der Waals surface area contributed by atoms with Gasteiger partial charge in [0.15, 0.2) is 0 Å². The van der Waals surface area contributed by atoms with Crippen LogP contribution in [0.2, 0.25) is 0 Å². The summed E-state index contributed by atoms with van der Waals surface area (Å²) in [5, 5.41) is 8.71. The predicted molar refractivity (Wildman–Crippen MR) is 56.7 cm³/mol. The van der Waals surface area contributed by atoms with Gasteiger partial charge < -0.3 is 4.74 Å². The SMILES string of the molecule is COc1ncc(C2CCC2)cc1CC#N. The lowest BCUT2D eigenvalue weighted by Crippen LogP contribution is -2.10. The van der Waals surface area contributed by atoms with Gasteiger partial charge in [0.1, 0.15) is 0 Å². The zero-order valence-corrected chi connectivity index (χ0v) is 8.86. The largest absolute Gasteiger partial charge is 0.481 e. The number of aromatic nitrogens is 1. The van der Waals surface area contributed by atoms with Crippen LogP contribution in [0.25, 0.3) is 0 Å². The molecule has 0 atom stereocenters. The van der Waals surface area contributed by atoms with Crippen LogP contribution in [0.1, 0.15) is 36.3 Å². The maximum atomic E-state index is 8.71. The Morgan fingerprint density at radius 2 is 2.40 bits per heavy atom. The van der Waals surface area contributed by atoms with Gasteiger partial charge in [0.2, 0.25) is 5.88 Å². The first kappa shape index (κ1) is 9.97. The molecule has 1 aromatic rings. The van der Waals surface area contributed by atoms with Crippen molar-refractivity contribution in [2.45, 2.75) is 31.6 Å². The van der Waals surface area contributed by atoms with Crippen LogP contribution in [0, 0.1) is 11.3 Å². The average Bonchev–Trinajstić information content (AvgIpc) is 2.16. The molecule has 1 aliphatic rings. The normalized spacial score (nSPS) is 15.5.